The van der Waals surface area contributed by atoms with Gasteiger partial charge in [-0.1, -0.05) is 6.07 Å². The first-order chi connectivity index (χ1) is 12.6. The van der Waals surface area contributed by atoms with Crippen LogP contribution in [0.3, 0.4) is 0 Å². The Kier molecular flexibility index (Phi) is 5.80. The van der Waals surface area contributed by atoms with Crippen molar-refractivity contribution in [1.82, 2.24) is 4.98 Å². The number of carbonyl (C=O) groups is 2. The lowest BCUT2D eigenvalue weighted by molar-refractivity contribution is 0.0314. The molecular weight excluding hydrogens is 370 g/mol. The van der Waals surface area contributed by atoms with E-state index in [2.05, 4.69) is 4.98 Å². The summed E-state index contributed by atoms with van der Waals surface area (Å²) < 4.78 is 10.6. The first-order valence-electron chi connectivity index (χ1n) is 8.06. The predicted molar refractivity (Wildman–Crippen MR) is 102 cm³/mol. The summed E-state index contributed by atoms with van der Waals surface area (Å²) in [6.07, 6.45) is -0.896. The first kappa shape index (κ1) is 18.3. The lowest BCUT2D eigenvalue weighted by atomic mass is 10.1. The molecule has 5 nitrogen and oxygen atoms in total. The van der Waals surface area contributed by atoms with Crippen molar-refractivity contribution < 1.29 is 19.1 Å². The molecule has 0 aliphatic heterocycles. The van der Waals surface area contributed by atoms with Gasteiger partial charge in [0.15, 0.2) is 11.8 Å². The minimum atomic E-state index is -0.896. The molecular formula is C19H17NO4S2. The Balaban J connectivity index is 1.64. The van der Waals surface area contributed by atoms with Crippen molar-refractivity contribution in [2.45, 2.75) is 20.0 Å². The van der Waals surface area contributed by atoms with Crippen LogP contribution in [0.25, 0.3) is 9.88 Å². The van der Waals surface area contributed by atoms with E-state index >= 15 is 0 Å². The minimum Gasteiger partial charge on any atom is -0.494 e. The molecule has 0 bridgehead atoms. The van der Waals surface area contributed by atoms with Gasteiger partial charge in [0.1, 0.15) is 10.8 Å². The summed E-state index contributed by atoms with van der Waals surface area (Å²) in [4.78, 5) is 30.0. The van der Waals surface area contributed by atoms with Crippen molar-refractivity contribution in [2.24, 2.45) is 0 Å². The Bertz CT molecular complexity index is 885. The summed E-state index contributed by atoms with van der Waals surface area (Å²) >= 11 is 2.93. The van der Waals surface area contributed by atoms with Gasteiger partial charge in [0.25, 0.3) is 0 Å². The second kappa shape index (κ2) is 8.25. The summed E-state index contributed by atoms with van der Waals surface area (Å²) in [7, 11) is 0. The zero-order valence-corrected chi connectivity index (χ0v) is 15.9. The van der Waals surface area contributed by atoms with Gasteiger partial charge in [-0.25, -0.2) is 9.78 Å². The summed E-state index contributed by atoms with van der Waals surface area (Å²) in [5, 5.41) is 4.36. The van der Waals surface area contributed by atoms with Crippen LogP contribution in [-0.4, -0.2) is 29.4 Å². The first-order valence-corrected chi connectivity index (χ1v) is 9.82. The van der Waals surface area contributed by atoms with E-state index in [4.69, 9.17) is 9.47 Å². The highest BCUT2D eigenvalue weighted by Crippen LogP contribution is 2.28. The maximum Gasteiger partial charge on any atom is 0.358 e. The number of thiophene rings is 1. The number of nitrogens with zero attached hydrogens (tertiary/aromatic N) is 1. The summed E-state index contributed by atoms with van der Waals surface area (Å²) in [5.74, 6) is -0.178. The van der Waals surface area contributed by atoms with E-state index in [9.17, 15) is 9.59 Å². The molecule has 0 spiro atoms. The highest BCUT2D eigenvalue weighted by Gasteiger charge is 2.22. The highest BCUT2D eigenvalue weighted by atomic mass is 32.1. The van der Waals surface area contributed by atoms with Crippen molar-refractivity contribution in [3.05, 3.63) is 58.4 Å². The second-order valence-electron chi connectivity index (χ2n) is 5.38. The van der Waals surface area contributed by atoms with Crippen LogP contribution in [0.2, 0.25) is 0 Å². The number of ketones is 1. The van der Waals surface area contributed by atoms with Crippen LogP contribution < -0.4 is 4.74 Å². The third kappa shape index (κ3) is 4.17. The lowest BCUT2D eigenvalue weighted by Gasteiger charge is -2.12. The van der Waals surface area contributed by atoms with E-state index in [0.29, 0.717) is 17.9 Å². The minimum absolute atomic E-state index is 0.213. The monoisotopic (exact) mass is 387 g/mol. The molecule has 7 heteroatoms. The molecule has 0 radical (unpaired) electrons. The summed E-state index contributed by atoms with van der Waals surface area (Å²) in [6, 6.07) is 10.6. The van der Waals surface area contributed by atoms with E-state index in [0.717, 1.165) is 9.88 Å². The number of rotatable bonds is 7. The van der Waals surface area contributed by atoms with Gasteiger partial charge in [0.05, 0.1) is 11.5 Å². The van der Waals surface area contributed by atoms with Gasteiger partial charge >= 0.3 is 5.97 Å². The average Bonchev–Trinajstić information content (AvgIpc) is 3.33. The van der Waals surface area contributed by atoms with E-state index in [1.54, 1.807) is 47.9 Å². The Morgan fingerprint density at radius 2 is 1.92 bits per heavy atom. The molecule has 134 valence electrons. The normalized spacial score (nSPS) is 11.8. The second-order valence-corrected chi connectivity index (χ2v) is 7.19. The summed E-state index contributed by atoms with van der Waals surface area (Å²) in [5.41, 5.74) is 0.677. The van der Waals surface area contributed by atoms with E-state index in [-0.39, 0.29) is 11.5 Å². The zero-order valence-electron chi connectivity index (χ0n) is 14.3. The van der Waals surface area contributed by atoms with Crippen LogP contribution >= 0.6 is 22.7 Å². The number of ether oxygens (including phenoxy) is 2. The molecule has 0 aliphatic rings. The van der Waals surface area contributed by atoms with Gasteiger partial charge in [0, 0.05) is 10.9 Å². The molecule has 0 aliphatic carbocycles. The number of aromatic nitrogens is 1. The largest absolute Gasteiger partial charge is 0.494 e. The number of Topliss-reactive ketones (excluding diaryl/α,β-unsaturated/α-hetero) is 1. The lowest BCUT2D eigenvalue weighted by Crippen LogP contribution is -2.24. The van der Waals surface area contributed by atoms with Crippen LogP contribution in [0.5, 0.6) is 5.75 Å². The number of benzene rings is 1. The predicted octanol–water partition coefficient (Wildman–Crippen LogP) is 4.70. The smallest absolute Gasteiger partial charge is 0.358 e. The van der Waals surface area contributed by atoms with Crippen molar-refractivity contribution in [1.29, 1.82) is 0 Å². The van der Waals surface area contributed by atoms with Crippen LogP contribution in [0.15, 0.2) is 47.2 Å². The quantitative estimate of drug-likeness (QED) is 0.434. The Morgan fingerprint density at radius 1 is 1.15 bits per heavy atom. The number of esters is 1. The molecule has 2 heterocycles. The third-order valence-electron chi connectivity index (χ3n) is 3.55. The number of hydrogen-bond donors (Lipinski definition) is 0. The molecule has 0 saturated carbocycles. The topological polar surface area (TPSA) is 65.5 Å². The molecule has 1 atom stereocenters. The van der Waals surface area contributed by atoms with Crippen LogP contribution in [0.1, 0.15) is 34.7 Å². The molecule has 3 aromatic rings. The Hall–Kier alpha value is -2.51. The van der Waals surface area contributed by atoms with Crippen molar-refractivity contribution in [3.8, 4) is 15.6 Å². The zero-order chi connectivity index (χ0) is 18.5. The number of hydrogen-bond acceptors (Lipinski definition) is 7. The fraction of sp³-hybridized carbons (Fsp3) is 0.211. The number of carbonyl (C=O) groups excluding carboxylic acids is 2. The molecule has 2 aromatic heterocycles. The molecule has 1 aromatic carbocycles. The Labute approximate surface area is 159 Å². The Morgan fingerprint density at radius 3 is 2.58 bits per heavy atom. The van der Waals surface area contributed by atoms with Gasteiger partial charge in [-0.2, -0.15) is 0 Å². The molecule has 0 fully saturated rings. The summed E-state index contributed by atoms with van der Waals surface area (Å²) in [6.45, 7) is 4.01. The van der Waals surface area contributed by atoms with Crippen molar-refractivity contribution in [2.75, 3.05) is 6.61 Å². The van der Waals surface area contributed by atoms with Crippen molar-refractivity contribution in [3.63, 3.8) is 0 Å². The molecule has 0 N–H and O–H groups in total. The van der Waals surface area contributed by atoms with Crippen LogP contribution in [-0.2, 0) is 4.74 Å². The highest BCUT2D eigenvalue weighted by molar-refractivity contribution is 7.20. The average molecular weight is 387 g/mol. The van der Waals surface area contributed by atoms with E-state index in [1.165, 1.54) is 11.3 Å². The van der Waals surface area contributed by atoms with E-state index < -0.39 is 12.1 Å². The van der Waals surface area contributed by atoms with Crippen LogP contribution in [0.4, 0.5) is 0 Å². The van der Waals surface area contributed by atoms with Gasteiger partial charge in [-0.15, -0.1) is 22.7 Å². The maximum atomic E-state index is 12.4. The molecule has 0 unspecified atom stereocenters. The molecule has 3 rings (SSSR count). The van der Waals surface area contributed by atoms with Gasteiger partial charge in [-0.05, 0) is 49.6 Å². The van der Waals surface area contributed by atoms with Gasteiger partial charge < -0.3 is 9.47 Å². The van der Waals surface area contributed by atoms with Gasteiger partial charge in [-0.3, -0.25) is 4.79 Å². The molecule has 0 amide bonds. The molecule has 26 heavy (non-hydrogen) atoms. The molecule has 0 saturated heterocycles. The van der Waals surface area contributed by atoms with Crippen LogP contribution in [0, 0.1) is 0 Å². The third-order valence-corrected chi connectivity index (χ3v) is 5.43. The SMILES string of the molecule is CCOc1ccc(C(=O)[C@@H](C)OC(=O)c2csc(-c3cccs3)n2)cc1. The fourth-order valence-electron chi connectivity index (χ4n) is 2.27. The van der Waals surface area contributed by atoms with E-state index in [1.807, 2.05) is 24.4 Å². The maximum absolute atomic E-state index is 12.4. The van der Waals surface area contributed by atoms with Gasteiger partial charge in [0.2, 0.25) is 5.78 Å². The fourth-order valence-corrected chi connectivity index (χ4v) is 3.88. The number of thiazole rings is 1. The standard InChI is InChI=1S/C19H17NO4S2/c1-3-23-14-8-6-13(7-9-14)17(21)12(2)24-19(22)15-11-26-18(20-15)16-5-4-10-25-16/h4-12H,3H2,1-2H3/t12-/m1/s1. The van der Waals surface area contributed by atoms with Crippen molar-refractivity contribution >= 4 is 34.4 Å².